The van der Waals surface area contributed by atoms with Gasteiger partial charge in [0.05, 0.1) is 16.9 Å². The maximum absolute atomic E-state index is 13.4. The second-order valence-electron chi connectivity index (χ2n) is 5.54. The van der Waals surface area contributed by atoms with Gasteiger partial charge in [-0.1, -0.05) is 53.5 Å². The highest BCUT2D eigenvalue weighted by Gasteiger charge is 2.38. The number of nitrogens with zero attached hydrogens (tertiary/aromatic N) is 2. The number of benzene rings is 2. The fraction of sp³-hybridized carbons (Fsp3) is 0.167. The van der Waals surface area contributed by atoms with Gasteiger partial charge in [0.1, 0.15) is 11.7 Å². The number of ether oxygens (including phenoxy) is 1. The van der Waals surface area contributed by atoms with E-state index >= 15 is 0 Å². The number of hydrogen-bond donors (Lipinski definition) is 0. The van der Waals surface area contributed by atoms with Gasteiger partial charge in [0.25, 0.3) is 0 Å². The molecule has 0 aliphatic rings. The van der Waals surface area contributed by atoms with E-state index in [1.165, 1.54) is 18.2 Å². The molecule has 0 fully saturated rings. The van der Waals surface area contributed by atoms with E-state index in [9.17, 15) is 13.2 Å². The van der Waals surface area contributed by atoms with Crippen molar-refractivity contribution < 1.29 is 17.9 Å². The average molecular weight is 401 g/mol. The van der Waals surface area contributed by atoms with Gasteiger partial charge in [-0.3, -0.25) is 0 Å². The Morgan fingerprint density at radius 3 is 2.38 bits per heavy atom. The third-order valence-corrected chi connectivity index (χ3v) is 4.26. The molecule has 3 rings (SSSR count). The number of alkyl halides is 3. The van der Waals surface area contributed by atoms with Crippen LogP contribution in [0.3, 0.4) is 0 Å². The first kappa shape index (κ1) is 18.6. The fourth-order valence-electron chi connectivity index (χ4n) is 2.43. The summed E-state index contributed by atoms with van der Waals surface area (Å²) < 4.78 is 46.9. The molecular weight excluding hydrogens is 388 g/mol. The molecule has 3 aromatic rings. The lowest BCUT2D eigenvalue weighted by Gasteiger charge is -2.18. The molecule has 2 aromatic carbocycles. The molecule has 26 heavy (non-hydrogen) atoms. The lowest BCUT2D eigenvalue weighted by molar-refractivity contribution is -0.139. The van der Waals surface area contributed by atoms with E-state index < -0.39 is 23.7 Å². The minimum atomic E-state index is -4.62. The Morgan fingerprint density at radius 2 is 1.77 bits per heavy atom. The molecule has 0 aliphatic heterocycles. The Labute approximate surface area is 157 Å². The van der Waals surface area contributed by atoms with Crippen LogP contribution in [-0.4, -0.2) is 9.78 Å². The molecule has 0 saturated heterocycles. The summed E-state index contributed by atoms with van der Waals surface area (Å²) in [5.74, 6) is -0.432. The van der Waals surface area contributed by atoms with E-state index in [0.29, 0.717) is 5.02 Å². The van der Waals surface area contributed by atoms with E-state index in [1.54, 1.807) is 31.2 Å². The molecule has 3 nitrogen and oxygen atoms in total. The Balaban J connectivity index is 2.08. The maximum atomic E-state index is 13.4. The summed E-state index contributed by atoms with van der Waals surface area (Å²) in [6, 6.07) is 13.4. The highest BCUT2D eigenvalue weighted by Crippen LogP contribution is 2.40. The summed E-state index contributed by atoms with van der Waals surface area (Å²) in [5, 5.41) is 4.36. The van der Waals surface area contributed by atoms with Crippen molar-refractivity contribution in [3.63, 3.8) is 0 Å². The van der Waals surface area contributed by atoms with Crippen LogP contribution < -0.4 is 4.74 Å². The Kier molecular flexibility index (Phi) is 5.16. The SMILES string of the molecule is CC(Oc1c(C(F)(F)F)cnn1-c1ccc(Cl)cc1Cl)c1ccccc1. The van der Waals surface area contributed by atoms with Crippen molar-refractivity contribution in [2.24, 2.45) is 0 Å². The third kappa shape index (κ3) is 3.81. The summed E-state index contributed by atoms with van der Waals surface area (Å²) in [7, 11) is 0. The van der Waals surface area contributed by atoms with Crippen molar-refractivity contribution in [1.29, 1.82) is 0 Å². The Hall–Kier alpha value is -2.18. The molecule has 1 unspecified atom stereocenters. The molecule has 0 bridgehead atoms. The van der Waals surface area contributed by atoms with Crippen LogP contribution in [0, 0.1) is 0 Å². The van der Waals surface area contributed by atoms with Crippen LogP contribution in [0.1, 0.15) is 24.2 Å². The van der Waals surface area contributed by atoms with Gasteiger partial charge in [0.15, 0.2) is 0 Å². The molecule has 8 heteroatoms. The highest BCUT2D eigenvalue weighted by atomic mass is 35.5. The molecule has 1 aromatic heterocycles. The normalized spacial score (nSPS) is 12.8. The predicted molar refractivity (Wildman–Crippen MR) is 94.1 cm³/mol. The molecular formula is C18H13Cl2F3N2O. The van der Waals surface area contributed by atoms with Crippen LogP contribution in [0.2, 0.25) is 10.0 Å². The fourth-order valence-corrected chi connectivity index (χ4v) is 2.92. The van der Waals surface area contributed by atoms with Gasteiger partial charge in [-0.15, -0.1) is 0 Å². The molecule has 0 N–H and O–H groups in total. The quantitative estimate of drug-likeness (QED) is 0.510. The summed E-state index contributed by atoms with van der Waals surface area (Å²) in [4.78, 5) is 0. The molecule has 0 aliphatic carbocycles. The van der Waals surface area contributed by atoms with Crippen LogP contribution in [0.15, 0.2) is 54.7 Å². The molecule has 0 spiro atoms. The van der Waals surface area contributed by atoms with Crippen LogP contribution in [-0.2, 0) is 6.18 Å². The van der Waals surface area contributed by atoms with Crippen molar-refractivity contribution in [2.45, 2.75) is 19.2 Å². The second-order valence-corrected chi connectivity index (χ2v) is 6.38. The minimum absolute atomic E-state index is 0.159. The van der Waals surface area contributed by atoms with Gasteiger partial charge in [-0.25, -0.2) is 0 Å². The van der Waals surface area contributed by atoms with E-state index in [1.807, 2.05) is 6.07 Å². The van der Waals surface area contributed by atoms with Crippen LogP contribution in [0.5, 0.6) is 5.88 Å². The molecule has 1 heterocycles. The molecule has 0 amide bonds. The number of rotatable bonds is 4. The summed E-state index contributed by atoms with van der Waals surface area (Å²) in [5.41, 5.74) is -0.0105. The van der Waals surface area contributed by atoms with Gasteiger partial charge >= 0.3 is 6.18 Å². The zero-order chi connectivity index (χ0) is 18.9. The van der Waals surface area contributed by atoms with E-state index in [4.69, 9.17) is 27.9 Å². The number of hydrogen-bond acceptors (Lipinski definition) is 2. The lowest BCUT2D eigenvalue weighted by Crippen LogP contribution is -2.12. The van der Waals surface area contributed by atoms with Crippen molar-refractivity contribution in [3.05, 3.63) is 75.9 Å². The first-order chi connectivity index (χ1) is 12.3. The van der Waals surface area contributed by atoms with Gasteiger partial charge in [0.2, 0.25) is 5.88 Å². The van der Waals surface area contributed by atoms with Gasteiger partial charge in [-0.2, -0.15) is 23.0 Å². The predicted octanol–water partition coefficient (Wildman–Crippen LogP) is 6.34. The maximum Gasteiger partial charge on any atom is 0.423 e. The van der Waals surface area contributed by atoms with Crippen molar-refractivity contribution in [1.82, 2.24) is 9.78 Å². The van der Waals surface area contributed by atoms with Crippen LogP contribution >= 0.6 is 23.2 Å². The minimum Gasteiger partial charge on any atom is -0.469 e. The topological polar surface area (TPSA) is 27.1 Å². The monoisotopic (exact) mass is 400 g/mol. The van der Waals surface area contributed by atoms with Crippen LogP contribution in [0.4, 0.5) is 13.2 Å². The smallest absolute Gasteiger partial charge is 0.423 e. The largest absolute Gasteiger partial charge is 0.469 e. The Bertz CT molecular complexity index is 911. The Morgan fingerprint density at radius 1 is 1.08 bits per heavy atom. The van der Waals surface area contributed by atoms with Gasteiger partial charge in [0, 0.05) is 5.02 Å². The zero-order valence-electron chi connectivity index (χ0n) is 13.5. The molecule has 136 valence electrons. The lowest BCUT2D eigenvalue weighted by atomic mass is 10.1. The summed E-state index contributed by atoms with van der Waals surface area (Å²) >= 11 is 12.0. The van der Waals surface area contributed by atoms with E-state index in [-0.39, 0.29) is 10.7 Å². The molecule has 0 radical (unpaired) electrons. The summed E-state index contributed by atoms with van der Waals surface area (Å²) in [6.45, 7) is 1.66. The number of halogens is 5. The summed E-state index contributed by atoms with van der Waals surface area (Å²) in [6.07, 6.45) is -4.53. The van der Waals surface area contributed by atoms with Gasteiger partial charge < -0.3 is 4.74 Å². The third-order valence-electron chi connectivity index (χ3n) is 3.73. The standard InChI is InChI=1S/C18H13Cl2F3N2O/c1-11(12-5-3-2-4-6-12)26-17-14(18(21,22)23)10-24-25(17)16-8-7-13(19)9-15(16)20/h2-11H,1H3. The van der Waals surface area contributed by atoms with Crippen molar-refractivity contribution >= 4 is 23.2 Å². The van der Waals surface area contributed by atoms with Crippen LogP contribution in [0.25, 0.3) is 5.69 Å². The number of aromatic nitrogens is 2. The first-order valence-electron chi connectivity index (χ1n) is 7.59. The van der Waals surface area contributed by atoms with Crippen molar-refractivity contribution in [3.8, 4) is 11.6 Å². The first-order valence-corrected chi connectivity index (χ1v) is 8.35. The van der Waals surface area contributed by atoms with E-state index in [2.05, 4.69) is 5.10 Å². The molecule has 0 saturated carbocycles. The molecule has 1 atom stereocenters. The highest BCUT2D eigenvalue weighted by molar-refractivity contribution is 6.35. The second kappa shape index (κ2) is 7.21. The average Bonchev–Trinajstić information content (AvgIpc) is 2.99. The zero-order valence-corrected chi connectivity index (χ0v) is 15.0. The van der Waals surface area contributed by atoms with Gasteiger partial charge in [-0.05, 0) is 30.7 Å². The van der Waals surface area contributed by atoms with E-state index in [0.717, 1.165) is 16.4 Å². The van der Waals surface area contributed by atoms with Crippen molar-refractivity contribution in [2.75, 3.05) is 0 Å².